The van der Waals surface area contributed by atoms with Crippen LogP contribution in [0, 0.1) is 0 Å². The predicted molar refractivity (Wildman–Crippen MR) is 96.5 cm³/mol. The summed E-state index contributed by atoms with van der Waals surface area (Å²) in [5, 5.41) is 0.408. The second kappa shape index (κ2) is 7.39. The molecule has 0 N–H and O–H groups in total. The van der Waals surface area contributed by atoms with Crippen LogP contribution in [0.25, 0.3) is 0 Å². The molecule has 1 fully saturated rings. The Kier molecular flexibility index (Phi) is 4.78. The van der Waals surface area contributed by atoms with Crippen LogP contribution in [0.15, 0.2) is 30.7 Å². The molecular weight excluding hydrogens is 388 g/mol. The molecule has 11 heteroatoms. The molecule has 0 aromatic carbocycles. The van der Waals surface area contributed by atoms with E-state index in [2.05, 4.69) is 15.0 Å². The maximum absolute atomic E-state index is 12.8. The molecule has 0 radical (unpaired) electrons. The van der Waals surface area contributed by atoms with Crippen LogP contribution in [-0.2, 0) is 9.53 Å². The van der Waals surface area contributed by atoms with Gasteiger partial charge in [-0.25, -0.2) is 19.7 Å². The number of halogens is 1. The number of aromatic nitrogens is 3. The van der Waals surface area contributed by atoms with Crippen LogP contribution < -0.4 is 4.90 Å². The average Bonchev–Trinajstić information content (AvgIpc) is 3.01. The van der Waals surface area contributed by atoms with E-state index in [9.17, 15) is 14.4 Å². The largest absolute Gasteiger partial charge is 0.419 e. The first-order valence-corrected chi connectivity index (χ1v) is 8.87. The van der Waals surface area contributed by atoms with Gasteiger partial charge >= 0.3 is 6.09 Å². The van der Waals surface area contributed by atoms with E-state index >= 15 is 0 Å². The Labute approximate surface area is 164 Å². The molecule has 2 aliphatic rings. The number of carbonyl (C=O) groups is 3. The van der Waals surface area contributed by atoms with E-state index in [1.54, 1.807) is 17.0 Å². The van der Waals surface area contributed by atoms with E-state index in [1.807, 2.05) is 0 Å². The maximum Gasteiger partial charge on any atom is 0.412 e. The number of ether oxygens (including phenoxy) is 1. The van der Waals surface area contributed by atoms with Crippen LogP contribution in [0.4, 0.5) is 10.6 Å². The summed E-state index contributed by atoms with van der Waals surface area (Å²) in [7, 11) is 0. The first-order chi connectivity index (χ1) is 13.6. The number of amides is 3. The van der Waals surface area contributed by atoms with Gasteiger partial charge in [0.25, 0.3) is 5.91 Å². The van der Waals surface area contributed by atoms with E-state index in [-0.39, 0.29) is 17.2 Å². The van der Waals surface area contributed by atoms with E-state index in [1.165, 1.54) is 28.4 Å². The first kappa shape index (κ1) is 18.1. The topological polar surface area (TPSA) is 109 Å². The van der Waals surface area contributed by atoms with Crippen molar-refractivity contribution >= 4 is 35.8 Å². The number of anilines is 1. The zero-order valence-corrected chi connectivity index (χ0v) is 15.3. The minimum Gasteiger partial charge on any atom is -0.419 e. The summed E-state index contributed by atoms with van der Waals surface area (Å²) in [4.78, 5) is 53.0. The zero-order chi connectivity index (χ0) is 19.7. The Morgan fingerprint density at radius 3 is 2.57 bits per heavy atom. The molecule has 4 rings (SSSR count). The lowest BCUT2D eigenvalue weighted by molar-refractivity contribution is -0.119. The number of hydrogen-bond donors (Lipinski definition) is 0. The molecule has 1 atom stereocenters. The van der Waals surface area contributed by atoms with Gasteiger partial charge in [-0.05, 0) is 12.1 Å². The lowest BCUT2D eigenvalue weighted by atomic mass is 10.3. The smallest absolute Gasteiger partial charge is 0.412 e. The molecule has 3 amide bonds. The predicted octanol–water partition coefficient (Wildman–Crippen LogP) is 1.09. The molecule has 0 spiro atoms. The fraction of sp³-hybridized carbons (Fsp3) is 0.294. The third kappa shape index (κ3) is 3.22. The Bertz CT molecular complexity index is 916. The third-order valence-electron chi connectivity index (χ3n) is 4.51. The summed E-state index contributed by atoms with van der Waals surface area (Å²) in [6.45, 7) is 1.51. The highest BCUT2D eigenvalue weighted by molar-refractivity contribution is 6.30. The average molecular weight is 403 g/mol. The Morgan fingerprint density at radius 1 is 1.14 bits per heavy atom. The highest BCUT2D eigenvalue weighted by Crippen LogP contribution is 2.35. The fourth-order valence-corrected chi connectivity index (χ4v) is 3.17. The number of pyridine rings is 1. The number of rotatable bonds is 3. The van der Waals surface area contributed by atoms with E-state index in [4.69, 9.17) is 16.3 Å². The van der Waals surface area contributed by atoms with Crippen molar-refractivity contribution in [1.29, 1.82) is 0 Å². The van der Waals surface area contributed by atoms with Gasteiger partial charge in [0.15, 0.2) is 5.69 Å². The summed E-state index contributed by atoms with van der Waals surface area (Å²) in [5.41, 5.74) is 0.340. The number of fused-ring (bicyclic) bond motifs is 1. The molecule has 0 aliphatic carbocycles. The standard InChI is InChI=1S/C17H15ClN6O4/c18-11-1-2-12(21-9-11)24-15(26)13-14(20-4-3-19-13)16(24)28-17(27)23-7-5-22(10-25)6-8-23/h1-4,9-10,16H,5-8H2. The van der Waals surface area contributed by atoms with Crippen molar-refractivity contribution in [2.24, 2.45) is 0 Å². The highest BCUT2D eigenvalue weighted by atomic mass is 35.5. The van der Waals surface area contributed by atoms with E-state index < -0.39 is 18.2 Å². The molecule has 0 saturated carbocycles. The first-order valence-electron chi connectivity index (χ1n) is 8.49. The fourth-order valence-electron chi connectivity index (χ4n) is 3.06. The monoisotopic (exact) mass is 402 g/mol. The van der Waals surface area contributed by atoms with Crippen molar-refractivity contribution in [2.45, 2.75) is 6.23 Å². The van der Waals surface area contributed by atoms with Crippen LogP contribution >= 0.6 is 11.6 Å². The maximum atomic E-state index is 12.8. The number of carbonyl (C=O) groups excluding carboxylic acids is 3. The molecule has 2 aromatic rings. The summed E-state index contributed by atoms with van der Waals surface area (Å²) in [6.07, 6.45) is 3.26. The van der Waals surface area contributed by atoms with Gasteiger partial charge in [0.2, 0.25) is 12.6 Å². The van der Waals surface area contributed by atoms with Crippen molar-refractivity contribution in [3.63, 3.8) is 0 Å². The van der Waals surface area contributed by atoms with Gasteiger partial charge in [-0.2, -0.15) is 0 Å². The molecule has 2 aliphatic heterocycles. The van der Waals surface area contributed by atoms with Crippen LogP contribution in [-0.4, -0.2) is 69.3 Å². The molecular formula is C17H15ClN6O4. The number of hydrogen-bond acceptors (Lipinski definition) is 7. The SMILES string of the molecule is O=CN1CCN(C(=O)OC2c3nccnc3C(=O)N2c2ccc(Cl)cn2)CC1. The third-order valence-corrected chi connectivity index (χ3v) is 4.73. The van der Waals surface area contributed by atoms with Crippen LogP contribution in [0.5, 0.6) is 0 Å². The Hall–Kier alpha value is -3.27. The second-order valence-corrected chi connectivity index (χ2v) is 6.60. The minimum absolute atomic E-state index is 0.0998. The van der Waals surface area contributed by atoms with Gasteiger partial charge < -0.3 is 14.5 Å². The second-order valence-electron chi connectivity index (χ2n) is 6.16. The van der Waals surface area contributed by atoms with Crippen molar-refractivity contribution in [1.82, 2.24) is 24.8 Å². The van der Waals surface area contributed by atoms with Gasteiger partial charge in [0, 0.05) is 44.8 Å². The van der Waals surface area contributed by atoms with Crippen LogP contribution in [0.3, 0.4) is 0 Å². The Morgan fingerprint density at radius 2 is 1.89 bits per heavy atom. The Balaban J connectivity index is 1.60. The van der Waals surface area contributed by atoms with Crippen molar-refractivity contribution in [3.8, 4) is 0 Å². The zero-order valence-electron chi connectivity index (χ0n) is 14.6. The van der Waals surface area contributed by atoms with E-state index in [0.717, 1.165) is 6.41 Å². The number of piperazine rings is 1. The highest BCUT2D eigenvalue weighted by Gasteiger charge is 2.44. The number of nitrogens with zero attached hydrogens (tertiary/aromatic N) is 6. The van der Waals surface area contributed by atoms with Crippen LogP contribution in [0.1, 0.15) is 22.4 Å². The van der Waals surface area contributed by atoms with Crippen LogP contribution in [0.2, 0.25) is 5.02 Å². The lowest BCUT2D eigenvalue weighted by Gasteiger charge is -2.33. The van der Waals surface area contributed by atoms with Gasteiger partial charge in [0.05, 0.1) is 5.02 Å². The quantitative estimate of drug-likeness (QED) is 0.707. The van der Waals surface area contributed by atoms with Gasteiger partial charge in [0.1, 0.15) is 11.5 Å². The van der Waals surface area contributed by atoms with Gasteiger partial charge in [-0.3, -0.25) is 14.6 Å². The molecule has 4 heterocycles. The lowest BCUT2D eigenvalue weighted by Crippen LogP contribution is -2.49. The van der Waals surface area contributed by atoms with Gasteiger partial charge in [-0.1, -0.05) is 11.6 Å². The van der Waals surface area contributed by atoms with Gasteiger partial charge in [-0.15, -0.1) is 0 Å². The minimum atomic E-state index is -1.10. The molecule has 1 unspecified atom stereocenters. The summed E-state index contributed by atoms with van der Waals surface area (Å²) < 4.78 is 5.62. The molecule has 28 heavy (non-hydrogen) atoms. The summed E-state index contributed by atoms with van der Waals surface area (Å²) >= 11 is 5.88. The molecule has 1 saturated heterocycles. The van der Waals surface area contributed by atoms with Crippen molar-refractivity contribution in [3.05, 3.63) is 47.1 Å². The summed E-state index contributed by atoms with van der Waals surface area (Å²) in [5.74, 6) is -0.209. The summed E-state index contributed by atoms with van der Waals surface area (Å²) in [6, 6.07) is 3.13. The van der Waals surface area contributed by atoms with Crippen molar-refractivity contribution < 1.29 is 19.1 Å². The molecule has 2 aromatic heterocycles. The van der Waals surface area contributed by atoms with Crippen molar-refractivity contribution in [2.75, 3.05) is 31.1 Å². The molecule has 10 nitrogen and oxygen atoms in total. The molecule has 144 valence electrons. The molecule has 0 bridgehead atoms. The van der Waals surface area contributed by atoms with E-state index in [0.29, 0.717) is 31.2 Å². The normalized spacial score (nSPS) is 18.8.